The van der Waals surface area contributed by atoms with Crippen molar-refractivity contribution in [2.45, 2.75) is 64.9 Å². The van der Waals surface area contributed by atoms with Crippen molar-refractivity contribution in [3.63, 3.8) is 0 Å². The number of quaternary nitrogens is 1. The number of aliphatic hydroxyl groups excluding tert-OH is 1. The Morgan fingerprint density at radius 1 is 0.951 bits per heavy atom. The second-order valence-corrected chi connectivity index (χ2v) is 11.0. The van der Waals surface area contributed by atoms with Gasteiger partial charge in [0.2, 0.25) is 23.6 Å². The van der Waals surface area contributed by atoms with Gasteiger partial charge in [-0.1, -0.05) is 37.3 Å². The van der Waals surface area contributed by atoms with E-state index in [4.69, 9.17) is 5.73 Å². The maximum Gasteiger partial charge on any atom is 0.283 e. The molecule has 1 aromatic carbocycles. The van der Waals surface area contributed by atoms with E-state index in [0.717, 1.165) is 0 Å². The number of aromatic hydroxyl groups is 1. The number of aliphatic hydroxyl groups is 1. The lowest BCUT2D eigenvalue weighted by atomic mass is 10.0. The molecule has 5 amide bonds. The molecule has 0 radical (unpaired) electrons. The van der Waals surface area contributed by atoms with Crippen LogP contribution in [0.25, 0.3) is 0 Å². The van der Waals surface area contributed by atoms with Crippen LogP contribution in [0.5, 0.6) is 5.75 Å². The minimum Gasteiger partial charge on any atom is -0.508 e. The summed E-state index contributed by atoms with van der Waals surface area (Å²) in [6.07, 6.45) is 1.63. The lowest BCUT2D eigenvalue weighted by Gasteiger charge is -2.21. The fourth-order valence-corrected chi connectivity index (χ4v) is 4.39. The highest BCUT2D eigenvalue weighted by molar-refractivity contribution is 7.14. The van der Waals surface area contributed by atoms with E-state index in [2.05, 4.69) is 26.3 Å². The molecule has 0 aliphatic rings. The van der Waals surface area contributed by atoms with E-state index in [0.29, 0.717) is 15.6 Å². The van der Waals surface area contributed by atoms with Gasteiger partial charge in [0.1, 0.15) is 23.9 Å². The van der Waals surface area contributed by atoms with Crippen molar-refractivity contribution in [2.24, 2.45) is 11.7 Å². The first kappa shape index (κ1) is 33.1. The summed E-state index contributed by atoms with van der Waals surface area (Å²) in [5, 5.41) is 30.8. The molecule has 0 aliphatic heterocycles. The summed E-state index contributed by atoms with van der Waals surface area (Å²) in [6.45, 7) is 6.00. The number of nitrogens with two attached hydrogens (primary N) is 2. The topological polar surface area (TPSA) is 229 Å². The summed E-state index contributed by atoms with van der Waals surface area (Å²) < 4.78 is 0. The van der Waals surface area contributed by atoms with Crippen molar-refractivity contribution in [1.82, 2.24) is 26.3 Å². The third-order valence-corrected chi connectivity index (χ3v) is 7.00. The molecule has 0 saturated heterocycles. The first-order chi connectivity index (χ1) is 19.3. The number of nitrogens with one attached hydrogen (secondary N) is 4. The van der Waals surface area contributed by atoms with Gasteiger partial charge in [-0.2, -0.15) is 4.98 Å². The highest BCUT2D eigenvalue weighted by Crippen LogP contribution is 2.14. The quantitative estimate of drug-likeness (QED) is 0.114. The first-order valence-electron chi connectivity index (χ1n) is 13.0. The van der Waals surface area contributed by atoms with Gasteiger partial charge in [0.05, 0.1) is 18.0 Å². The molecule has 2 aromatic rings. The fraction of sp³-hybridized carbons (Fsp3) is 0.462. The maximum atomic E-state index is 12.9. The van der Waals surface area contributed by atoms with E-state index in [1.165, 1.54) is 43.5 Å². The lowest BCUT2D eigenvalue weighted by molar-refractivity contribution is -0.603. The number of nitrogens with zero attached hydrogens (tertiary/aromatic N) is 1. The molecule has 224 valence electrons. The monoisotopic (exact) mass is 592 g/mol. The number of primary amides is 1. The number of benzene rings is 1. The Balaban J connectivity index is 1.83. The van der Waals surface area contributed by atoms with Crippen LogP contribution >= 0.6 is 11.3 Å². The number of aromatic nitrogens is 1. The average molecular weight is 593 g/mol. The predicted molar refractivity (Wildman–Crippen MR) is 149 cm³/mol. The highest BCUT2D eigenvalue weighted by Gasteiger charge is 2.31. The van der Waals surface area contributed by atoms with Crippen LogP contribution in [0.2, 0.25) is 0 Å². The average Bonchev–Trinajstić information content (AvgIpc) is 3.38. The summed E-state index contributed by atoms with van der Waals surface area (Å²) in [6, 6.07) is 2.44. The van der Waals surface area contributed by atoms with Gasteiger partial charge >= 0.3 is 0 Å². The molecule has 15 heteroatoms. The molecular formula is C26H38N7O7S+. The summed E-state index contributed by atoms with van der Waals surface area (Å²) >= 11 is 1.26. The number of carbonyl (C=O) groups excluding carboxylic acids is 5. The predicted octanol–water partition coefficient (Wildman–Crippen LogP) is -2.10. The molecule has 2 rings (SSSR count). The normalized spacial score (nSPS) is 13.9. The van der Waals surface area contributed by atoms with Crippen molar-refractivity contribution in [2.75, 3.05) is 6.54 Å². The number of carbonyl (C=O) groups is 5. The summed E-state index contributed by atoms with van der Waals surface area (Å²) in [4.78, 5) is 66.9. The summed E-state index contributed by atoms with van der Waals surface area (Å²) in [5.74, 6) is -3.13. The first-order valence-corrected chi connectivity index (χ1v) is 13.8. The number of phenols is 1. The molecule has 0 aliphatic carbocycles. The molecule has 1 aromatic heterocycles. The zero-order valence-corrected chi connectivity index (χ0v) is 24.2. The third kappa shape index (κ3) is 10.8. The van der Waals surface area contributed by atoms with Crippen LogP contribution in [0.4, 0.5) is 5.13 Å². The molecule has 0 spiro atoms. The largest absolute Gasteiger partial charge is 0.508 e. The SMILES string of the molecule is CC(C)[C@@H]([NH2+]c1ncc(CO)s1)C(=O)N[C@@H](C)C(=O)N[C@@H](C)C(=O)NCC(=O)N[C@@H](Cc1ccc(O)cc1)C(N)=O. The van der Waals surface area contributed by atoms with E-state index >= 15 is 0 Å². The van der Waals surface area contributed by atoms with E-state index in [1.54, 1.807) is 17.4 Å². The Morgan fingerprint density at radius 3 is 2.12 bits per heavy atom. The molecule has 0 saturated carbocycles. The van der Waals surface area contributed by atoms with E-state index in [9.17, 15) is 34.2 Å². The Bertz CT molecular complexity index is 1220. The van der Waals surface area contributed by atoms with E-state index in [-0.39, 0.29) is 24.7 Å². The van der Waals surface area contributed by atoms with Crippen LogP contribution in [0.15, 0.2) is 30.5 Å². The van der Waals surface area contributed by atoms with Crippen LogP contribution < -0.4 is 32.3 Å². The van der Waals surface area contributed by atoms with E-state index in [1.807, 2.05) is 13.8 Å². The Labute approximate surface area is 241 Å². The third-order valence-electron chi connectivity index (χ3n) is 6.05. The fourth-order valence-electron chi connectivity index (χ4n) is 3.63. The highest BCUT2D eigenvalue weighted by atomic mass is 32.1. The molecule has 1 heterocycles. The van der Waals surface area contributed by atoms with Crippen LogP contribution in [-0.4, -0.2) is 75.4 Å². The number of thiazole rings is 1. The molecule has 10 N–H and O–H groups in total. The maximum absolute atomic E-state index is 12.9. The minimum atomic E-state index is -1.04. The van der Waals surface area contributed by atoms with Gasteiger partial charge in [0.15, 0.2) is 6.04 Å². The van der Waals surface area contributed by atoms with Crippen molar-refractivity contribution in [3.05, 3.63) is 40.9 Å². The number of amides is 5. The minimum absolute atomic E-state index is 0.0528. The molecular weight excluding hydrogens is 554 g/mol. The second-order valence-electron chi connectivity index (χ2n) is 9.83. The van der Waals surface area contributed by atoms with Crippen LogP contribution in [-0.2, 0) is 37.0 Å². The van der Waals surface area contributed by atoms with Gasteiger partial charge < -0.3 is 37.2 Å². The Kier molecular flexibility index (Phi) is 12.6. The van der Waals surface area contributed by atoms with Gasteiger partial charge in [-0.05, 0) is 31.5 Å². The molecule has 0 fully saturated rings. The molecule has 14 nitrogen and oxygen atoms in total. The smallest absolute Gasteiger partial charge is 0.283 e. The van der Waals surface area contributed by atoms with Crippen molar-refractivity contribution in [3.8, 4) is 5.75 Å². The van der Waals surface area contributed by atoms with E-state index < -0.39 is 60.2 Å². The van der Waals surface area contributed by atoms with Crippen LogP contribution in [0.1, 0.15) is 38.1 Å². The molecule has 0 unspecified atom stereocenters. The zero-order chi connectivity index (χ0) is 30.7. The summed E-state index contributed by atoms with van der Waals surface area (Å²) in [7, 11) is 0. The number of phenolic OH excluding ortho intramolecular Hbond substituents is 1. The second kappa shape index (κ2) is 15.6. The van der Waals surface area contributed by atoms with Crippen molar-refractivity contribution < 1.29 is 39.5 Å². The standard InChI is InChI=1S/C26H37N7O7S/c1-13(2)21(33-26-29-10-18(12-34)41-26)25(40)31-15(4)24(39)30-14(3)23(38)28-11-20(36)32-19(22(27)37)9-16-5-7-17(35)8-6-16/h5-8,10,13-15,19,21,34-35H,9,11-12H2,1-4H3,(H2,27,37)(H,28,38)(H,29,33)(H,30,39)(H,31,40)(H,32,36)/p+1/t14-,15-,19-,21+/m0/s1. The zero-order valence-electron chi connectivity index (χ0n) is 23.3. The number of hydrogen-bond donors (Lipinski definition) is 8. The summed E-state index contributed by atoms with van der Waals surface area (Å²) in [5.41, 5.74) is 6.04. The molecule has 0 bridgehead atoms. The van der Waals surface area contributed by atoms with Gasteiger partial charge in [-0.3, -0.25) is 29.3 Å². The van der Waals surface area contributed by atoms with Gasteiger partial charge in [-0.25, -0.2) is 0 Å². The van der Waals surface area contributed by atoms with Gasteiger partial charge in [0, 0.05) is 18.5 Å². The molecule has 4 atom stereocenters. The van der Waals surface area contributed by atoms with Crippen LogP contribution in [0, 0.1) is 5.92 Å². The Morgan fingerprint density at radius 2 is 1.56 bits per heavy atom. The Hall–Kier alpha value is -4.08. The number of hydrogen-bond acceptors (Lipinski definition) is 9. The lowest BCUT2D eigenvalue weighted by Crippen LogP contribution is -2.89. The number of rotatable bonds is 15. The van der Waals surface area contributed by atoms with Crippen molar-refractivity contribution >= 4 is 46.0 Å². The van der Waals surface area contributed by atoms with Gasteiger partial charge in [-0.15, -0.1) is 0 Å². The molecule has 41 heavy (non-hydrogen) atoms. The van der Waals surface area contributed by atoms with Crippen LogP contribution in [0.3, 0.4) is 0 Å². The van der Waals surface area contributed by atoms with Gasteiger partial charge in [0.25, 0.3) is 11.0 Å². The van der Waals surface area contributed by atoms with Crippen molar-refractivity contribution in [1.29, 1.82) is 0 Å².